The first-order valence-electron chi connectivity index (χ1n) is 8.26. The first-order valence-corrected chi connectivity index (χ1v) is 8.26. The molecular weight excluding hydrogens is 348 g/mol. The van der Waals surface area contributed by atoms with Crippen molar-refractivity contribution in [3.05, 3.63) is 65.0 Å². The predicted molar refractivity (Wildman–Crippen MR) is 102 cm³/mol. The minimum absolute atomic E-state index is 0.126. The van der Waals surface area contributed by atoms with E-state index < -0.39 is 4.92 Å². The molecule has 8 heteroatoms. The van der Waals surface area contributed by atoms with Crippen LogP contribution in [0.25, 0.3) is 11.3 Å². The topological polar surface area (TPSA) is 99.4 Å². The Morgan fingerprint density at radius 1 is 1.11 bits per heavy atom. The highest BCUT2D eigenvalue weighted by atomic mass is 16.6. The summed E-state index contributed by atoms with van der Waals surface area (Å²) in [6.07, 6.45) is 1.43. The number of para-hydroxylation sites is 1. The summed E-state index contributed by atoms with van der Waals surface area (Å²) in [7, 11) is 1.39. The van der Waals surface area contributed by atoms with E-state index in [0.29, 0.717) is 23.8 Å². The third-order valence-electron chi connectivity index (χ3n) is 3.78. The van der Waals surface area contributed by atoms with Crippen LogP contribution in [-0.4, -0.2) is 28.6 Å². The van der Waals surface area contributed by atoms with Gasteiger partial charge in [0.15, 0.2) is 5.75 Å². The highest BCUT2D eigenvalue weighted by Crippen LogP contribution is 2.32. The third kappa shape index (κ3) is 4.12. The quantitative estimate of drug-likeness (QED) is 0.494. The Hall–Kier alpha value is -3.68. The van der Waals surface area contributed by atoms with Gasteiger partial charge in [-0.15, -0.1) is 0 Å². The van der Waals surface area contributed by atoms with Gasteiger partial charge >= 0.3 is 5.69 Å². The van der Waals surface area contributed by atoms with Crippen LogP contribution >= 0.6 is 0 Å². The average Bonchev–Trinajstić information content (AvgIpc) is 2.69. The fraction of sp³-hybridized carbons (Fsp3) is 0.158. The van der Waals surface area contributed by atoms with Gasteiger partial charge in [-0.3, -0.25) is 10.1 Å². The Bertz CT molecular complexity index is 962. The summed E-state index contributed by atoms with van der Waals surface area (Å²) in [5.74, 6) is 1.43. The second kappa shape index (κ2) is 8.13. The van der Waals surface area contributed by atoms with Gasteiger partial charge in [-0.1, -0.05) is 12.1 Å². The first kappa shape index (κ1) is 18.1. The molecule has 0 atom stereocenters. The van der Waals surface area contributed by atoms with Gasteiger partial charge in [0.25, 0.3) is 0 Å². The molecule has 1 N–H and O–H groups in total. The average molecular weight is 366 g/mol. The van der Waals surface area contributed by atoms with Gasteiger partial charge < -0.3 is 14.8 Å². The van der Waals surface area contributed by atoms with Gasteiger partial charge in [-0.2, -0.15) is 0 Å². The van der Waals surface area contributed by atoms with E-state index in [1.807, 2.05) is 31.2 Å². The number of hydrogen-bond donors (Lipinski definition) is 1. The molecule has 3 rings (SSSR count). The van der Waals surface area contributed by atoms with E-state index in [0.717, 1.165) is 11.3 Å². The molecule has 0 aliphatic heterocycles. The number of nitro benzene ring substituents is 1. The summed E-state index contributed by atoms with van der Waals surface area (Å²) in [6.45, 7) is 2.46. The van der Waals surface area contributed by atoms with Crippen LogP contribution in [0.4, 0.5) is 17.2 Å². The Morgan fingerprint density at radius 2 is 1.93 bits per heavy atom. The standard InChI is InChI=1S/C19H18N4O4/c1-3-27-17-7-5-4-6-14(17)15-11-19(21-12-20-15)22-13-8-9-18(26-2)16(10-13)23(24)25/h4-12H,3H2,1-2H3,(H,20,21,22). The highest BCUT2D eigenvalue weighted by molar-refractivity contribution is 5.71. The lowest BCUT2D eigenvalue weighted by Gasteiger charge is -2.11. The molecule has 27 heavy (non-hydrogen) atoms. The lowest BCUT2D eigenvalue weighted by atomic mass is 10.1. The Kier molecular flexibility index (Phi) is 5.46. The summed E-state index contributed by atoms with van der Waals surface area (Å²) in [5.41, 5.74) is 1.91. The van der Waals surface area contributed by atoms with Crippen LogP contribution < -0.4 is 14.8 Å². The summed E-state index contributed by atoms with van der Waals surface area (Å²) < 4.78 is 10.7. The van der Waals surface area contributed by atoms with Gasteiger partial charge in [0.2, 0.25) is 0 Å². The molecule has 0 radical (unpaired) electrons. The number of methoxy groups -OCH3 is 1. The molecule has 8 nitrogen and oxygen atoms in total. The summed E-state index contributed by atoms with van der Waals surface area (Å²) in [5, 5.41) is 14.2. The van der Waals surface area contributed by atoms with Crippen molar-refractivity contribution in [3.63, 3.8) is 0 Å². The molecule has 0 aliphatic rings. The Labute approximate surface area is 156 Å². The summed E-state index contributed by atoms with van der Waals surface area (Å²) in [6, 6.07) is 14.0. The third-order valence-corrected chi connectivity index (χ3v) is 3.78. The van der Waals surface area contributed by atoms with Crippen LogP contribution in [0.15, 0.2) is 54.9 Å². The van der Waals surface area contributed by atoms with E-state index >= 15 is 0 Å². The van der Waals surface area contributed by atoms with Crippen LogP contribution in [-0.2, 0) is 0 Å². The number of benzene rings is 2. The number of ether oxygens (including phenoxy) is 2. The zero-order valence-electron chi connectivity index (χ0n) is 14.9. The number of hydrogen-bond acceptors (Lipinski definition) is 7. The summed E-state index contributed by atoms with van der Waals surface area (Å²) >= 11 is 0. The molecule has 2 aromatic carbocycles. The molecule has 1 heterocycles. The molecule has 3 aromatic rings. The molecule has 0 spiro atoms. The lowest BCUT2D eigenvalue weighted by Crippen LogP contribution is -1.99. The highest BCUT2D eigenvalue weighted by Gasteiger charge is 2.15. The molecule has 0 unspecified atom stereocenters. The fourth-order valence-corrected chi connectivity index (χ4v) is 2.59. The largest absolute Gasteiger partial charge is 0.493 e. The molecule has 0 fully saturated rings. The van der Waals surface area contributed by atoms with Crippen LogP contribution in [0.3, 0.4) is 0 Å². The Morgan fingerprint density at radius 3 is 2.67 bits per heavy atom. The van der Waals surface area contributed by atoms with Crippen LogP contribution in [0.2, 0.25) is 0 Å². The number of anilines is 2. The van der Waals surface area contributed by atoms with E-state index in [-0.39, 0.29) is 11.4 Å². The van der Waals surface area contributed by atoms with Gasteiger partial charge in [-0.05, 0) is 31.2 Å². The van der Waals surface area contributed by atoms with E-state index in [9.17, 15) is 10.1 Å². The smallest absolute Gasteiger partial charge is 0.312 e. The molecular formula is C19H18N4O4. The number of rotatable bonds is 7. The van der Waals surface area contributed by atoms with E-state index in [1.54, 1.807) is 12.1 Å². The molecule has 0 amide bonds. The van der Waals surface area contributed by atoms with Crippen LogP contribution in [0.1, 0.15) is 6.92 Å². The number of aromatic nitrogens is 2. The van der Waals surface area contributed by atoms with Crippen molar-refractivity contribution in [1.82, 2.24) is 9.97 Å². The maximum absolute atomic E-state index is 11.2. The van der Waals surface area contributed by atoms with Gasteiger partial charge in [0.1, 0.15) is 17.9 Å². The molecule has 138 valence electrons. The van der Waals surface area contributed by atoms with E-state index in [1.165, 1.54) is 25.6 Å². The maximum Gasteiger partial charge on any atom is 0.312 e. The number of nitro groups is 1. The van der Waals surface area contributed by atoms with Crippen molar-refractivity contribution in [1.29, 1.82) is 0 Å². The zero-order valence-corrected chi connectivity index (χ0v) is 14.9. The SMILES string of the molecule is CCOc1ccccc1-c1cc(Nc2ccc(OC)c([N+](=O)[O-])c2)ncn1. The van der Waals surface area contributed by atoms with Crippen molar-refractivity contribution >= 4 is 17.2 Å². The second-order valence-electron chi connectivity index (χ2n) is 5.49. The normalized spacial score (nSPS) is 10.3. The molecule has 0 bridgehead atoms. The van der Waals surface area contributed by atoms with Gasteiger partial charge in [-0.25, -0.2) is 9.97 Å². The molecule has 0 saturated heterocycles. The van der Waals surface area contributed by atoms with Crippen molar-refractivity contribution in [2.45, 2.75) is 6.92 Å². The number of nitrogens with zero attached hydrogens (tertiary/aromatic N) is 3. The first-order chi connectivity index (χ1) is 13.1. The minimum atomic E-state index is -0.492. The van der Waals surface area contributed by atoms with Crippen LogP contribution in [0.5, 0.6) is 11.5 Å². The minimum Gasteiger partial charge on any atom is -0.493 e. The van der Waals surface area contributed by atoms with Gasteiger partial charge in [0.05, 0.1) is 24.3 Å². The predicted octanol–water partition coefficient (Wildman–Crippen LogP) is 4.20. The molecule has 0 saturated carbocycles. The van der Waals surface area contributed by atoms with Crippen molar-refractivity contribution in [2.75, 3.05) is 19.0 Å². The van der Waals surface area contributed by atoms with Crippen LogP contribution in [0, 0.1) is 10.1 Å². The monoisotopic (exact) mass is 366 g/mol. The van der Waals surface area contributed by atoms with E-state index in [2.05, 4.69) is 15.3 Å². The zero-order chi connectivity index (χ0) is 19.2. The Balaban J connectivity index is 1.91. The molecule has 1 aromatic heterocycles. The van der Waals surface area contributed by atoms with Crippen molar-refractivity contribution in [2.24, 2.45) is 0 Å². The lowest BCUT2D eigenvalue weighted by molar-refractivity contribution is -0.385. The second-order valence-corrected chi connectivity index (χ2v) is 5.49. The molecule has 0 aliphatic carbocycles. The van der Waals surface area contributed by atoms with Crippen molar-refractivity contribution in [3.8, 4) is 22.8 Å². The number of nitrogens with one attached hydrogen (secondary N) is 1. The van der Waals surface area contributed by atoms with Crippen molar-refractivity contribution < 1.29 is 14.4 Å². The van der Waals surface area contributed by atoms with Gasteiger partial charge in [0, 0.05) is 23.4 Å². The summed E-state index contributed by atoms with van der Waals surface area (Å²) in [4.78, 5) is 19.2. The fourth-order valence-electron chi connectivity index (χ4n) is 2.59. The maximum atomic E-state index is 11.2. The van der Waals surface area contributed by atoms with E-state index in [4.69, 9.17) is 9.47 Å².